The molecule has 208 valence electrons. The summed E-state index contributed by atoms with van der Waals surface area (Å²) >= 11 is 0. The van der Waals surface area contributed by atoms with E-state index in [0.29, 0.717) is 31.5 Å². The molecule has 0 rings (SSSR count). The van der Waals surface area contributed by atoms with Crippen LogP contribution in [-0.2, 0) is 19.1 Å². The summed E-state index contributed by atoms with van der Waals surface area (Å²) in [6.45, 7) is 12.0. The zero-order valence-electron chi connectivity index (χ0n) is 24.2. The van der Waals surface area contributed by atoms with E-state index in [1.54, 1.807) is 0 Å². The zero-order chi connectivity index (χ0) is 26.2. The minimum absolute atomic E-state index is 0.00879. The SMILES string of the molecule is CCCCC(CC)COC(=O)CCCCCCCCCCCC(C)C(=O)OCC(CC)CCCC. The molecule has 0 aliphatic carbocycles. The van der Waals surface area contributed by atoms with E-state index in [9.17, 15) is 9.59 Å². The monoisotopic (exact) mass is 496 g/mol. The first-order chi connectivity index (χ1) is 17.0. The predicted octanol–water partition coefficient (Wildman–Crippen LogP) is 9.43. The summed E-state index contributed by atoms with van der Waals surface area (Å²) in [5.74, 6) is 1.05. The van der Waals surface area contributed by atoms with Gasteiger partial charge in [0, 0.05) is 6.42 Å². The van der Waals surface area contributed by atoms with Crippen LogP contribution in [0.1, 0.15) is 157 Å². The van der Waals surface area contributed by atoms with Gasteiger partial charge in [0.2, 0.25) is 0 Å². The molecule has 0 fully saturated rings. The number of hydrogen-bond acceptors (Lipinski definition) is 4. The van der Waals surface area contributed by atoms with Crippen LogP contribution in [0.5, 0.6) is 0 Å². The van der Waals surface area contributed by atoms with Crippen molar-refractivity contribution in [2.24, 2.45) is 17.8 Å². The first-order valence-electron chi connectivity index (χ1n) is 15.3. The summed E-state index contributed by atoms with van der Waals surface area (Å²) in [7, 11) is 0. The van der Waals surface area contributed by atoms with Crippen molar-refractivity contribution in [2.45, 2.75) is 157 Å². The third kappa shape index (κ3) is 20.8. The molecule has 0 aliphatic heterocycles. The lowest BCUT2D eigenvalue weighted by atomic mass is 10.00. The van der Waals surface area contributed by atoms with E-state index in [-0.39, 0.29) is 17.9 Å². The quantitative estimate of drug-likeness (QED) is 0.0932. The van der Waals surface area contributed by atoms with Gasteiger partial charge in [-0.3, -0.25) is 9.59 Å². The average molecular weight is 497 g/mol. The molecule has 3 unspecified atom stereocenters. The van der Waals surface area contributed by atoms with Crippen molar-refractivity contribution in [2.75, 3.05) is 13.2 Å². The normalized spacial score (nSPS) is 13.9. The van der Waals surface area contributed by atoms with Gasteiger partial charge < -0.3 is 9.47 Å². The summed E-state index contributed by atoms with van der Waals surface area (Å²) in [6.07, 6.45) is 21.5. The van der Waals surface area contributed by atoms with E-state index in [0.717, 1.165) is 38.5 Å². The van der Waals surface area contributed by atoms with E-state index < -0.39 is 0 Å². The highest BCUT2D eigenvalue weighted by atomic mass is 16.5. The Morgan fingerprint density at radius 2 is 1.03 bits per heavy atom. The van der Waals surface area contributed by atoms with Gasteiger partial charge in [0.15, 0.2) is 0 Å². The Morgan fingerprint density at radius 3 is 1.51 bits per heavy atom. The summed E-state index contributed by atoms with van der Waals surface area (Å²) in [5.41, 5.74) is 0. The topological polar surface area (TPSA) is 52.6 Å². The molecule has 0 heterocycles. The minimum atomic E-state index is -0.0141. The number of ether oxygens (including phenoxy) is 2. The molecule has 0 aromatic heterocycles. The van der Waals surface area contributed by atoms with Gasteiger partial charge in [0.25, 0.3) is 0 Å². The Morgan fingerprint density at radius 1 is 0.571 bits per heavy atom. The standard InChI is InChI=1S/C31H60O4/c1-6-10-22-28(8-3)25-34-30(32)24-20-18-16-14-12-13-15-17-19-21-27(5)31(33)35-26-29(9-4)23-11-7-2/h27-29H,6-26H2,1-5H3. The maximum absolute atomic E-state index is 12.2. The molecule has 4 nitrogen and oxygen atoms in total. The number of hydrogen-bond donors (Lipinski definition) is 0. The van der Waals surface area contributed by atoms with Crippen LogP contribution in [0.2, 0.25) is 0 Å². The lowest BCUT2D eigenvalue weighted by molar-refractivity contribution is -0.149. The summed E-state index contributed by atoms with van der Waals surface area (Å²) in [5, 5.41) is 0. The van der Waals surface area contributed by atoms with Gasteiger partial charge in [-0.1, -0.05) is 125 Å². The van der Waals surface area contributed by atoms with Gasteiger partial charge >= 0.3 is 11.9 Å². The van der Waals surface area contributed by atoms with E-state index in [1.165, 1.54) is 77.0 Å². The molecule has 0 N–H and O–H groups in total. The highest BCUT2D eigenvalue weighted by molar-refractivity contribution is 5.71. The molecule has 0 spiro atoms. The second-order valence-corrected chi connectivity index (χ2v) is 10.8. The number of unbranched alkanes of at least 4 members (excludes halogenated alkanes) is 10. The third-order valence-electron chi connectivity index (χ3n) is 7.45. The first kappa shape index (κ1) is 33.9. The maximum Gasteiger partial charge on any atom is 0.308 e. The van der Waals surface area contributed by atoms with Crippen LogP contribution in [0.15, 0.2) is 0 Å². The van der Waals surface area contributed by atoms with Crippen molar-refractivity contribution in [3.63, 3.8) is 0 Å². The molecule has 0 saturated heterocycles. The van der Waals surface area contributed by atoms with Crippen LogP contribution in [0.25, 0.3) is 0 Å². The van der Waals surface area contributed by atoms with E-state index in [1.807, 2.05) is 6.92 Å². The second kappa shape index (κ2) is 24.6. The van der Waals surface area contributed by atoms with E-state index in [2.05, 4.69) is 27.7 Å². The molecule has 0 aromatic rings. The summed E-state index contributed by atoms with van der Waals surface area (Å²) in [4.78, 5) is 24.2. The Hall–Kier alpha value is -1.06. The van der Waals surface area contributed by atoms with Crippen LogP contribution < -0.4 is 0 Å². The smallest absolute Gasteiger partial charge is 0.308 e. The van der Waals surface area contributed by atoms with Crippen molar-refractivity contribution < 1.29 is 19.1 Å². The maximum atomic E-state index is 12.2. The Kier molecular flexibility index (Phi) is 23.9. The molecule has 0 saturated carbocycles. The largest absolute Gasteiger partial charge is 0.465 e. The zero-order valence-corrected chi connectivity index (χ0v) is 24.2. The van der Waals surface area contributed by atoms with Gasteiger partial charge in [0.05, 0.1) is 19.1 Å². The van der Waals surface area contributed by atoms with Crippen LogP contribution in [0, 0.1) is 17.8 Å². The highest BCUT2D eigenvalue weighted by Gasteiger charge is 2.16. The van der Waals surface area contributed by atoms with Crippen molar-refractivity contribution in [1.82, 2.24) is 0 Å². The molecule has 0 bridgehead atoms. The van der Waals surface area contributed by atoms with Gasteiger partial charge in [-0.2, -0.15) is 0 Å². The molecule has 0 aliphatic rings. The fourth-order valence-corrected chi connectivity index (χ4v) is 4.50. The molecule has 0 radical (unpaired) electrons. The van der Waals surface area contributed by atoms with Gasteiger partial charge in [-0.15, -0.1) is 0 Å². The summed E-state index contributed by atoms with van der Waals surface area (Å²) < 4.78 is 11.1. The number of rotatable bonds is 25. The van der Waals surface area contributed by atoms with E-state index >= 15 is 0 Å². The highest BCUT2D eigenvalue weighted by Crippen LogP contribution is 2.18. The van der Waals surface area contributed by atoms with Gasteiger partial charge in [0.1, 0.15) is 0 Å². The average Bonchev–Trinajstić information content (AvgIpc) is 2.87. The Balaban J connectivity index is 3.57. The molecular formula is C31H60O4. The first-order valence-corrected chi connectivity index (χ1v) is 15.3. The van der Waals surface area contributed by atoms with Gasteiger partial charge in [-0.25, -0.2) is 0 Å². The Labute approximate surface area is 218 Å². The van der Waals surface area contributed by atoms with Crippen LogP contribution in [-0.4, -0.2) is 25.2 Å². The number of esters is 2. The fourth-order valence-electron chi connectivity index (χ4n) is 4.50. The predicted molar refractivity (Wildman–Crippen MR) is 148 cm³/mol. The minimum Gasteiger partial charge on any atom is -0.465 e. The Bertz CT molecular complexity index is 490. The van der Waals surface area contributed by atoms with Crippen molar-refractivity contribution in [1.29, 1.82) is 0 Å². The third-order valence-corrected chi connectivity index (χ3v) is 7.45. The lowest BCUT2D eigenvalue weighted by Crippen LogP contribution is -2.19. The number of carbonyl (C=O) groups is 2. The van der Waals surface area contributed by atoms with Crippen LogP contribution in [0.4, 0.5) is 0 Å². The molecule has 4 heteroatoms. The molecule has 35 heavy (non-hydrogen) atoms. The fraction of sp³-hybridized carbons (Fsp3) is 0.935. The second-order valence-electron chi connectivity index (χ2n) is 10.8. The molecular weight excluding hydrogens is 436 g/mol. The van der Waals surface area contributed by atoms with Crippen LogP contribution >= 0.6 is 0 Å². The van der Waals surface area contributed by atoms with Crippen LogP contribution in [0.3, 0.4) is 0 Å². The van der Waals surface area contributed by atoms with E-state index in [4.69, 9.17) is 9.47 Å². The van der Waals surface area contributed by atoms with Crippen molar-refractivity contribution in [3.05, 3.63) is 0 Å². The van der Waals surface area contributed by atoms with Gasteiger partial charge in [-0.05, 0) is 37.5 Å². The molecule has 0 amide bonds. The number of carbonyl (C=O) groups excluding carboxylic acids is 2. The van der Waals surface area contributed by atoms with Crippen molar-refractivity contribution in [3.8, 4) is 0 Å². The lowest BCUT2D eigenvalue weighted by Gasteiger charge is -2.17. The van der Waals surface area contributed by atoms with Crippen molar-refractivity contribution >= 4 is 11.9 Å². The summed E-state index contributed by atoms with van der Waals surface area (Å²) in [6, 6.07) is 0. The molecule has 0 aromatic carbocycles. The molecule has 3 atom stereocenters.